The van der Waals surface area contributed by atoms with Crippen molar-refractivity contribution in [3.05, 3.63) is 47.0 Å². The molecule has 0 N–H and O–H groups in total. The normalized spacial score (nSPS) is 18.0. The maximum Gasteiger partial charge on any atom is 0.422 e. The van der Waals surface area contributed by atoms with Crippen molar-refractivity contribution in [1.29, 1.82) is 0 Å². The highest BCUT2D eigenvalue weighted by Gasteiger charge is 2.41. The lowest BCUT2D eigenvalue weighted by atomic mass is 9.98. The zero-order chi connectivity index (χ0) is 22.6. The first-order chi connectivity index (χ1) is 14.7. The van der Waals surface area contributed by atoms with E-state index >= 15 is 0 Å². The van der Waals surface area contributed by atoms with Crippen molar-refractivity contribution in [2.75, 3.05) is 19.5 Å². The van der Waals surface area contributed by atoms with Crippen LogP contribution in [0.25, 0.3) is 11.1 Å². The van der Waals surface area contributed by atoms with Crippen LogP contribution in [-0.2, 0) is 9.53 Å². The molecule has 8 heteroatoms. The van der Waals surface area contributed by atoms with Gasteiger partial charge in [-0.2, -0.15) is 13.2 Å². The summed E-state index contributed by atoms with van der Waals surface area (Å²) in [6.45, 7) is 0.725. The third-order valence-electron chi connectivity index (χ3n) is 5.21. The molecule has 0 aromatic heterocycles. The zero-order valence-corrected chi connectivity index (χ0v) is 18.9. The fourth-order valence-corrected chi connectivity index (χ4v) is 4.90. The molecule has 0 bridgehead atoms. The van der Waals surface area contributed by atoms with E-state index in [1.807, 2.05) is 36.6 Å². The molecule has 0 amide bonds. The molecule has 168 valence electrons. The Labute approximate surface area is 189 Å². The van der Waals surface area contributed by atoms with Gasteiger partial charge in [-0.05, 0) is 55.1 Å². The van der Waals surface area contributed by atoms with Crippen LogP contribution in [-0.4, -0.2) is 31.6 Å². The largest absolute Gasteiger partial charge is 0.482 e. The Hall–Kier alpha value is -1.86. The van der Waals surface area contributed by atoms with Gasteiger partial charge in [0, 0.05) is 16.9 Å². The first-order valence-electron chi connectivity index (χ1n) is 10.1. The van der Waals surface area contributed by atoms with Gasteiger partial charge in [0.15, 0.2) is 6.61 Å². The molecule has 2 aromatic carbocycles. The summed E-state index contributed by atoms with van der Waals surface area (Å²) >= 11 is 7.92. The number of hydrogen-bond acceptors (Lipinski definition) is 4. The predicted molar refractivity (Wildman–Crippen MR) is 117 cm³/mol. The Morgan fingerprint density at radius 1 is 1.26 bits per heavy atom. The standard InChI is InChI=1S/C23H24ClF3O3S/c1-3-29-19(28)10-9-15-11-16(15)17-12-18(24)21(30-13-23(25,26)27)20(22(17)31-2)14-7-5-4-6-8-14/h4-8,12,15-16H,3,9-11,13H2,1-2H3. The Balaban J connectivity index is 1.95. The molecule has 1 saturated carbocycles. The number of ether oxygens (including phenoxy) is 2. The van der Waals surface area contributed by atoms with Gasteiger partial charge in [0.1, 0.15) is 5.75 Å². The number of rotatable bonds is 9. The zero-order valence-electron chi connectivity index (χ0n) is 17.3. The van der Waals surface area contributed by atoms with E-state index in [0.717, 1.165) is 22.4 Å². The SMILES string of the molecule is CCOC(=O)CCC1CC1c1cc(Cl)c(OCC(F)(F)F)c(-c2ccccc2)c1SC. The van der Waals surface area contributed by atoms with Gasteiger partial charge in [-0.1, -0.05) is 41.9 Å². The molecule has 31 heavy (non-hydrogen) atoms. The van der Waals surface area contributed by atoms with Crippen LogP contribution in [0.3, 0.4) is 0 Å². The molecular formula is C23H24ClF3O3S. The molecule has 3 nitrogen and oxygen atoms in total. The van der Waals surface area contributed by atoms with Crippen molar-refractivity contribution >= 4 is 29.3 Å². The van der Waals surface area contributed by atoms with Crippen molar-refractivity contribution in [2.24, 2.45) is 5.92 Å². The van der Waals surface area contributed by atoms with Gasteiger partial charge >= 0.3 is 12.1 Å². The Kier molecular flexibility index (Phi) is 7.81. The van der Waals surface area contributed by atoms with Gasteiger partial charge in [0.05, 0.1) is 11.6 Å². The highest BCUT2D eigenvalue weighted by molar-refractivity contribution is 7.98. The molecule has 1 aliphatic rings. The summed E-state index contributed by atoms with van der Waals surface area (Å²) < 4.78 is 48.7. The Morgan fingerprint density at radius 2 is 1.97 bits per heavy atom. The first kappa shape index (κ1) is 23.8. The van der Waals surface area contributed by atoms with E-state index in [-0.39, 0.29) is 22.7 Å². The van der Waals surface area contributed by atoms with Crippen molar-refractivity contribution in [3.63, 3.8) is 0 Å². The second-order valence-corrected chi connectivity index (χ2v) is 8.62. The van der Waals surface area contributed by atoms with E-state index in [4.69, 9.17) is 21.1 Å². The number of halogens is 4. The number of hydrogen-bond donors (Lipinski definition) is 0. The molecule has 0 heterocycles. The summed E-state index contributed by atoms with van der Waals surface area (Å²) in [5.74, 6) is 0.351. The summed E-state index contributed by atoms with van der Waals surface area (Å²) in [4.78, 5) is 12.5. The maximum atomic E-state index is 12.9. The maximum absolute atomic E-state index is 12.9. The van der Waals surface area contributed by atoms with E-state index in [0.29, 0.717) is 30.9 Å². The van der Waals surface area contributed by atoms with Crippen LogP contribution in [0.4, 0.5) is 13.2 Å². The second-order valence-electron chi connectivity index (χ2n) is 7.40. The van der Waals surface area contributed by atoms with E-state index in [2.05, 4.69) is 0 Å². The number of benzene rings is 2. The minimum Gasteiger partial charge on any atom is -0.482 e. The van der Waals surface area contributed by atoms with E-state index in [9.17, 15) is 18.0 Å². The van der Waals surface area contributed by atoms with Gasteiger partial charge < -0.3 is 9.47 Å². The fraction of sp³-hybridized carbons (Fsp3) is 0.435. The van der Waals surface area contributed by atoms with E-state index < -0.39 is 12.8 Å². The number of carbonyl (C=O) groups excluding carboxylic acids is 1. The number of carbonyl (C=O) groups is 1. The van der Waals surface area contributed by atoms with E-state index in [1.165, 1.54) is 11.8 Å². The average Bonchev–Trinajstić information content (AvgIpc) is 3.50. The van der Waals surface area contributed by atoms with Crippen molar-refractivity contribution in [1.82, 2.24) is 0 Å². The minimum absolute atomic E-state index is 0.0435. The minimum atomic E-state index is -4.47. The lowest BCUT2D eigenvalue weighted by molar-refractivity contribution is -0.153. The van der Waals surface area contributed by atoms with Crippen LogP contribution in [0.15, 0.2) is 41.3 Å². The first-order valence-corrected chi connectivity index (χ1v) is 11.7. The molecule has 0 radical (unpaired) electrons. The number of thioether (sulfide) groups is 1. The molecule has 1 aliphatic carbocycles. The molecule has 3 rings (SSSR count). The van der Waals surface area contributed by atoms with Gasteiger partial charge in [-0.15, -0.1) is 11.8 Å². The Bertz CT molecular complexity index is 919. The summed E-state index contributed by atoms with van der Waals surface area (Å²) in [6, 6.07) is 10.9. The molecule has 2 unspecified atom stereocenters. The third-order valence-corrected chi connectivity index (χ3v) is 6.34. The van der Waals surface area contributed by atoms with Crippen molar-refractivity contribution < 1.29 is 27.4 Å². The number of esters is 1. The van der Waals surface area contributed by atoms with Crippen LogP contribution < -0.4 is 4.74 Å². The van der Waals surface area contributed by atoms with Crippen molar-refractivity contribution in [2.45, 2.75) is 43.2 Å². The molecule has 2 atom stereocenters. The molecule has 1 fully saturated rings. The molecule has 0 spiro atoms. The predicted octanol–water partition coefficient (Wildman–Crippen LogP) is 7.12. The smallest absolute Gasteiger partial charge is 0.422 e. The van der Waals surface area contributed by atoms with Gasteiger partial charge in [0.25, 0.3) is 0 Å². The van der Waals surface area contributed by atoms with Gasteiger partial charge in [-0.3, -0.25) is 4.79 Å². The van der Waals surface area contributed by atoms with Crippen LogP contribution in [0, 0.1) is 5.92 Å². The summed E-state index contributed by atoms with van der Waals surface area (Å²) in [7, 11) is 0. The Morgan fingerprint density at radius 3 is 2.58 bits per heavy atom. The second kappa shape index (κ2) is 10.2. The molecule has 2 aromatic rings. The molecule has 0 aliphatic heterocycles. The lowest BCUT2D eigenvalue weighted by Gasteiger charge is -2.21. The van der Waals surface area contributed by atoms with Crippen molar-refractivity contribution in [3.8, 4) is 16.9 Å². The highest BCUT2D eigenvalue weighted by atomic mass is 35.5. The van der Waals surface area contributed by atoms with Crippen LogP contribution in [0.2, 0.25) is 5.02 Å². The summed E-state index contributed by atoms with van der Waals surface area (Å²) in [5, 5.41) is 0.159. The van der Waals surface area contributed by atoms with Crippen LogP contribution >= 0.6 is 23.4 Å². The molecule has 0 saturated heterocycles. The summed E-state index contributed by atoms with van der Waals surface area (Å²) in [5.41, 5.74) is 2.32. The van der Waals surface area contributed by atoms with Gasteiger partial charge in [-0.25, -0.2) is 0 Å². The van der Waals surface area contributed by atoms with E-state index in [1.54, 1.807) is 13.0 Å². The fourth-order valence-electron chi connectivity index (χ4n) is 3.78. The third kappa shape index (κ3) is 6.10. The van der Waals surface area contributed by atoms with Crippen LogP contribution in [0.5, 0.6) is 5.75 Å². The van der Waals surface area contributed by atoms with Gasteiger partial charge in [0.2, 0.25) is 0 Å². The highest BCUT2D eigenvalue weighted by Crippen LogP contribution is 2.56. The monoisotopic (exact) mass is 472 g/mol. The average molecular weight is 473 g/mol. The molecular weight excluding hydrogens is 449 g/mol. The number of alkyl halides is 3. The quantitative estimate of drug-likeness (QED) is 0.287. The summed E-state index contributed by atoms with van der Waals surface area (Å²) in [6.07, 6.45) is -0.606. The van der Waals surface area contributed by atoms with Crippen LogP contribution in [0.1, 0.15) is 37.7 Å². The topological polar surface area (TPSA) is 35.5 Å². The lowest BCUT2D eigenvalue weighted by Crippen LogP contribution is -2.20.